The molecule has 0 aromatic carbocycles. The summed E-state index contributed by atoms with van der Waals surface area (Å²) in [5.74, 6) is 0. The van der Waals surface area contributed by atoms with E-state index in [1.54, 1.807) is 25.6 Å². The molecular weight excluding hydrogens is 286 g/mol. The number of thiazole rings is 1. The zero-order chi connectivity index (χ0) is 15.5. The van der Waals surface area contributed by atoms with E-state index in [-0.39, 0.29) is 5.60 Å². The van der Waals surface area contributed by atoms with Gasteiger partial charge < -0.3 is 14.2 Å². The zero-order valence-corrected chi connectivity index (χ0v) is 14.6. The van der Waals surface area contributed by atoms with Crippen molar-refractivity contribution in [2.24, 2.45) is 5.41 Å². The molecule has 120 valence electrons. The van der Waals surface area contributed by atoms with Crippen LogP contribution in [0, 0.1) is 5.41 Å². The number of rotatable bonds is 6. The van der Waals surface area contributed by atoms with Crippen LogP contribution in [0.1, 0.15) is 63.4 Å². The Morgan fingerprint density at radius 3 is 2.33 bits per heavy atom. The Morgan fingerprint density at radius 2 is 1.81 bits per heavy atom. The third-order valence-corrected chi connectivity index (χ3v) is 5.46. The molecule has 0 saturated heterocycles. The molecule has 2 rings (SSSR count). The van der Waals surface area contributed by atoms with Crippen LogP contribution in [0.2, 0.25) is 0 Å². The highest BCUT2D eigenvalue weighted by Gasteiger charge is 2.42. The Bertz CT molecular complexity index is 444. The van der Waals surface area contributed by atoms with Crippen LogP contribution in [0.4, 0.5) is 0 Å². The third kappa shape index (κ3) is 3.65. The maximum atomic E-state index is 6.18. The molecule has 0 atom stereocenters. The largest absolute Gasteiger partial charge is 0.368 e. The Morgan fingerprint density at radius 1 is 1.19 bits per heavy atom. The highest BCUT2D eigenvalue weighted by atomic mass is 32.1. The van der Waals surface area contributed by atoms with E-state index in [0.717, 1.165) is 23.5 Å². The predicted molar refractivity (Wildman–Crippen MR) is 84.4 cm³/mol. The summed E-state index contributed by atoms with van der Waals surface area (Å²) in [6.45, 7) is 7.44. The van der Waals surface area contributed by atoms with Crippen molar-refractivity contribution in [3.05, 3.63) is 16.1 Å². The summed E-state index contributed by atoms with van der Waals surface area (Å²) in [5, 5.41) is 3.09. The van der Waals surface area contributed by atoms with Crippen LogP contribution >= 0.6 is 11.3 Å². The van der Waals surface area contributed by atoms with Gasteiger partial charge >= 0.3 is 0 Å². The molecule has 1 aliphatic carbocycles. The second kappa shape index (κ2) is 6.73. The summed E-state index contributed by atoms with van der Waals surface area (Å²) in [4.78, 5) is 4.76. The van der Waals surface area contributed by atoms with Crippen LogP contribution in [-0.4, -0.2) is 25.8 Å². The van der Waals surface area contributed by atoms with E-state index >= 15 is 0 Å². The summed E-state index contributed by atoms with van der Waals surface area (Å²) in [5.41, 5.74) is 1.02. The highest BCUT2D eigenvalue weighted by Crippen LogP contribution is 2.48. The standard InChI is InChI=1S/C16H27NO3S/c1-6-20-16(9-7-15(2,3)8-10-16)14-17-12(11-21-14)13(18-4)19-5/h11,13H,6-10H2,1-5H3. The van der Waals surface area contributed by atoms with Crippen LogP contribution in [0.15, 0.2) is 5.38 Å². The number of hydrogen-bond acceptors (Lipinski definition) is 5. The molecule has 1 aromatic rings. The minimum Gasteiger partial charge on any atom is -0.368 e. The van der Waals surface area contributed by atoms with Gasteiger partial charge in [-0.2, -0.15) is 0 Å². The van der Waals surface area contributed by atoms with Gasteiger partial charge in [-0.05, 0) is 38.0 Å². The van der Waals surface area contributed by atoms with E-state index in [1.165, 1.54) is 12.8 Å². The molecule has 0 amide bonds. The molecule has 0 bridgehead atoms. The van der Waals surface area contributed by atoms with Crippen molar-refractivity contribution in [2.75, 3.05) is 20.8 Å². The average molecular weight is 313 g/mol. The number of ether oxygens (including phenoxy) is 3. The summed E-state index contributed by atoms with van der Waals surface area (Å²) < 4.78 is 16.8. The Labute approximate surface area is 131 Å². The molecule has 0 N–H and O–H groups in total. The molecule has 0 unspecified atom stereocenters. The molecule has 0 aliphatic heterocycles. The summed E-state index contributed by atoms with van der Waals surface area (Å²) in [7, 11) is 3.27. The van der Waals surface area contributed by atoms with Crippen molar-refractivity contribution in [3.8, 4) is 0 Å². The van der Waals surface area contributed by atoms with E-state index in [0.29, 0.717) is 12.0 Å². The molecule has 5 heteroatoms. The van der Waals surface area contributed by atoms with Crippen molar-refractivity contribution in [1.82, 2.24) is 4.98 Å². The van der Waals surface area contributed by atoms with Crippen molar-refractivity contribution >= 4 is 11.3 Å². The fourth-order valence-corrected chi connectivity index (χ4v) is 4.00. The van der Waals surface area contributed by atoms with E-state index in [2.05, 4.69) is 20.8 Å². The van der Waals surface area contributed by atoms with E-state index < -0.39 is 6.29 Å². The van der Waals surface area contributed by atoms with Crippen LogP contribution in [0.25, 0.3) is 0 Å². The van der Waals surface area contributed by atoms with Gasteiger partial charge in [0, 0.05) is 26.2 Å². The van der Waals surface area contributed by atoms with Gasteiger partial charge in [-0.15, -0.1) is 11.3 Å². The average Bonchev–Trinajstić information content (AvgIpc) is 2.93. The molecule has 1 heterocycles. The Hall–Kier alpha value is -0.490. The first kappa shape index (κ1) is 16.9. The number of aromatic nitrogens is 1. The number of nitrogens with zero attached hydrogens (tertiary/aromatic N) is 1. The van der Waals surface area contributed by atoms with Crippen LogP contribution < -0.4 is 0 Å². The first-order valence-corrected chi connectivity index (χ1v) is 8.50. The van der Waals surface area contributed by atoms with Crippen molar-refractivity contribution in [1.29, 1.82) is 0 Å². The topological polar surface area (TPSA) is 40.6 Å². The SMILES string of the molecule is CCOC1(c2nc(C(OC)OC)cs2)CCC(C)(C)CC1. The Kier molecular flexibility index (Phi) is 5.41. The van der Waals surface area contributed by atoms with Crippen LogP contribution in [0.5, 0.6) is 0 Å². The molecule has 1 fully saturated rings. The van der Waals surface area contributed by atoms with Gasteiger partial charge in [0.1, 0.15) is 16.3 Å². The fraction of sp³-hybridized carbons (Fsp3) is 0.812. The monoisotopic (exact) mass is 313 g/mol. The summed E-state index contributed by atoms with van der Waals surface area (Å²) >= 11 is 1.66. The molecule has 0 spiro atoms. The normalized spacial score (nSPS) is 20.9. The molecule has 1 aromatic heterocycles. The van der Waals surface area contributed by atoms with Crippen molar-refractivity contribution in [3.63, 3.8) is 0 Å². The van der Waals surface area contributed by atoms with Gasteiger partial charge in [0.05, 0.1) is 0 Å². The second-order valence-corrected chi connectivity index (χ2v) is 7.33. The zero-order valence-electron chi connectivity index (χ0n) is 13.8. The second-order valence-electron chi connectivity index (χ2n) is 6.47. The van der Waals surface area contributed by atoms with Gasteiger partial charge in [0.2, 0.25) is 6.29 Å². The first-order valence-electron chi connectivity index (χ1n) is 7.62. The minimum absolute atomic E-state index is 0.223. The maximum absolute atomic E-state index is 6.18. The molecular formula is C16H27NO3S. The number of methoxy groups -OCH3 is 2. The lowest BCUT2D eigenvalue weighted by atomic mass is 9.71. The smallest absolute Gasteiger partial charge is 0.201 e. The lowest BCUT2D eigenvalue weighted by molar-refractivity contribution is -0.110. The van der Waals surface area contributed by atoms with Crippen LogP contribution in [-0.2, 0) is 19.8 Å². The Balaban J connectivity index is 2.23. The van der Waals surface area contributed by atoms with E-state index in [1.807, 2.05) is 5.38 Å². The minimum atomic E-state index is -0.395. The van der Waals surface area contributed by atoms with E-state index in [4.69, 9.17) is 19.2 Å². The van der Waals surface area contributed by atoms with Gasteiger partial charge in [0.25, 0.3) is 0 Å². The molecule has 1 saturated carbocycles. The van der Waals surface area contributed by atoms with Crippen molar-refractivity contribution < 1.29 is 14.2 Å². The predicted octanol–water partition coefficient (Wildman–Crippen LogP) is 4.27. The quantitative estimate of drug-likeness (QED) is 0.736. The highest BCUT2D eigenvalue weighted by molar-refractivity contribution is 7.09. The van der Waals surface area contributed by atoms with Gasteiger partial charge in [-0.1, -0.05) is 13.8 Å². The molecule has 4 nitrogen and oxygen atoms in total. The number of hydrogen-bond donors (Lipinski definition) is 0. The molecule has 21 heavy (non-hydrogen) atoms. The first-order chi connectivity index (χ1) is 9.96. The van der Waals surface area contributed by atoms with Gasteiger partial charge in [0.15, 0.2) is 0 Å². The van der Waals surface area contributed by atoms with Gasteiger partial charge in [-0.3, -0.25) is 0 Å². The van der Waals surface area contributed by atoms with E-state index in [9.17, 15) is 0 Å². The summed E-state index contributed by atoms with van der Waals surface area (Å²) in [6.07, 6.45) is 4.00. The summed E-state index contributed by atoms with van der Waals surface area (Å²) in [6, 6.07) is 0. The van der Waals surface area contributed by atoms with Gasteiger partial charge in [-0.25, -0.2) is 4.98 Å². The third-order valence-electron chi connectivity index (χ3n) is 4.41. The van der Waals surface area contributed by atoms with Crippen molar-refractivity contribution in [2.45, 2.75) is 58.3 Å². The van der Waals surface area contributed by atoms with Crippen LogP contribution in [0.3, 0.4) is 0 Å². The molecule has 0 radical (unpaired) electrons. The fourth-order valence-electron chi connectivity index (χ4n) is 2.97. The molecule has 1 aliphatic rings. The lowest BCUT2D eigenvalue weighted by Crippen LogP contribution is -2.37. The maximum Gasteiger partial charge on any atom is 0.201 e. The lowest BCUT2D eigenvalue weighted by Gasteiger charge is -2.42.